The number of hydrogen-bond acceptors (Lipinski definition) is 8. The van der Waals surface area contributed by atoms with E-state index in [0.717, 1.165) is 27.4 Å². The van der Waals surface area contributed by atoms with Gasteiger partial charge in [0.2, 0.25) is 19.7 Å². The molecule has 12 nitrogen and oxygen atoms in total. The van der Waals surface area contributed by atoms with Crippen molar-refractivity contribution in [2.75, 3.05) is 0 Å². The molecule has 0 aliphatic rings. The Morgan fingerprint density at radius 1 is 0.842 bits per heavy atom. The molecule has 2 heterocycles. The van der Waals surface area contributed by atoms with Gasteiger partial charge in [-0.2, -0.15) is 14.9 Å². The third kappa shape index (κ3) is 8.29. The van der Waals surface area contributed by atoms with Gasteiger partial charge in [0.1, 0.15) is 12.7 Å². The normalized spacial score (nSPS) is 11.1. The first-order valence-electron chi connectivity index (χ1n) is 10.7. The highest BCUT2D eigenvalue weighted by Crippen LogP contribution is 2.13. The summed E-state index contributed by atoms with van der Waals surface area (Å²) in [6.45, 7) is 3.76. The molecule has 14 heteroatoms. The standard InChI is InChI=1S/C12H13N3O3S.C9H8O2S.C3H5N3O/c1-10-3-5-11(6-4-10)19(17,18)8-7-15-12(16)14(2)9-13-15;1-3-12(10,11)9-6-4-8(2)5-7-9;1-6-2-4-5-3(6)7/h3-9H,1-2H3;1,4-7H,2H3;2H,1H3,(H,5,7)/b8-7+;;. The molecule has 0 radical (unpaired) electrons. The summed E-state index contributed by atoms with van der Waals surface area (Å²) in [5.41, 5.74) is 1.39. The number of aryl methyl sites for hydroxylation is 4. The van der Waals surface area contributed by atoms with Gasteiger partial charge in [0.15, 0.2) is 0 Å². The highest BCUT2D eigenvalue weighted by atomic mass is 32.2. The second-order valence-corrected chi connectivity index (χ2v) is 11.4. The molecule has 38 heavy (non-hydrogen) atoms. The topological polar surface area (TPSA) is 159 Å². The quantitative estimate of drug-likeness (QED) is 0.290. The highest BCUT2D eigenvalue weighted by molar-refractivity contribution is 7.96. The Bertz CT molecular complexity index is 1770. The molecule has 0 aliphatic carbocycles. The Labute approximate surface area is 219 Å². The Kier molecular flexibility index (Phi) is 9.91. The van der Waals surface area contributed by atoms with E-state index in [1.807, 2.05) is 13.8 Å². The second kappa shape index (κ2) is 12.7. The van der Waals surface area contributed by atoms with Gasteiger partial charge in [-0.05, 0) is 38.1 Å². The Balaban J connectivity index is 0.000000226. The maximum atomic E-state index is 12.0. The minimum absolute atomic E-state index is 0.176. The molecule has 200 valence electrons. The summed E-state index contributed by atoms with van der Waals surface area (Å²) < 4.78 is 49.7. The number of sulfone groups is 2. The maximum absolute atomic E-state index is 12.0. The van der Waals surface area contributed by atoms with Crippen molar-refractivity contribution in [2.45, 2.75) is 23.6 Å². The fourth-order valence-electron chi connectivity index (χ4n) is 2.53. The third-order valence-corrected chi connectivity index (χ3v) is 7.39. The van der Waals surface area contributed by atoms with E-state index < -0.39 is 25.4 Å². The highest BCUT2D eigenvalue weighted by Gasteiger charge is 2.10. The Morgan fingerprint density at radius 3 is 1.74 bits per heavy atom. The summed E-state index contributed by atoms with van der Waals surface area (Å²) in [6, 6.07) is 12.9. The van der Waals surface area contributed by atoms with Gasteiger partial charge in [-0.15, -0.1) is 6.42 Å². The van der Waals surface area contributed by atoms with Crippen LogP contribution in [0.3, 0.4) is 0 Å². The average Bonchev–Trinajstić information content (AvgIpc) is 3.42. The predicted molar refractivity (Wildman–Crippen MR) is 142 cm³/mol. The summed E-state index contributed by atoms with van der Waals surface area (Å²) in [5.74, 6) is 0. The van der Waals surface area contributed by atoms with Gasteiger partial charge in [-0.1, -0.05) is 35.4 Å². The van der Waals surface area contributed by atoms with E-state index in [4.69, 9.17) is 6.42 Å². The number of rotatable bonds is 4. The number of terminal acetylenes is 1. The van der Waals surface area contributed by atoms with Crippen LogP contribution >= 0.6 is 0 Å². The molecule has 0 saturated carbocycles. The lowest BCUT2D eigenvalue weighted by atomic mass is 10.2. The van der Waals surface area contributed by atoms with Crippen molar-refractivity contribution in [1.29, 1.82) is 0 Å². The molecule has 0 bridgehead atoms. The zero-order valence-electron chi connectivity index (χ0n) is 21.0. The molecule has 0 spiro atoms. The number of benzene rings is 2. The number of hydrogen-bond donors (Lipinski definition) is 1. The van der Waals surface area contributed by atoms with Crippen molar-refractivity contribution in [2.24, 2.45) is 14.1 Å². The number of aromatic nitrogens is 6. The number of H-pyrrole nitrogens is 1. The van der Waals surface area contributed by atoms with Crippen molar-refractivity contribution in [1.82, 2.24) is 29.1 Å². The van der Waals surface area contributed by atoms with Crippen LogP contribution in [0.5, 0.6) is 0 Å². The first kappa shape index (κ1) is 29.7. The van der Waals surface area contributed by atoms with Gasteiger partial charge in [0, 0.05) is 25.5 Å². The first-order valence-corrected chi connectivity index (χ1v) is 13.7. The van der Waals surface area contributed by atoms with Gasteiger partial charge in [0.05, 0.1) is 15.2 Å². The lowest BCUT2D eigenvalue weighted by Crippen LogP contribution is -2.19. The fraction of sp³-hybridized carbons (Fsp3) is 0.167. The first-order chi connectivity index (χ1) is 17.8. The molecular formula is C24H26N6O6S2. The third-order valence-electron chi connectivity index (χ3n) is 4.78. The van der Waals surface area contributed by atoms with Crippen LogP contribution in [0.25, 0.3) is 6.20 Å². The van der Waals surface area contributed by atoms with Gasteiger partial charge in [-0.25, -0.2) is 31.5 Å². The molecule has 0 aliphatic heterocycles. The smallest absolute Gasteiger partial charge is 0.285 e. The zero-order valence-corrected chi connectivity index (χ0v) is 22.6. The predicted octanol–water partition coefficient (Wildman–Crippen LogP) is 1.26. The molecular weight excluding hydrogens is 532 g/mol. The van der Waals surface area contributed by atoms with Crippen molar-refractivity contribution >= 4 is 25.9 Å². The van der Waals surface area contributed by atoms with Crippen molar-refractivity contribution < 1.29 is 16.8 Å². The second-order valence-electron chi connectivity index (χ2n) is 7.82. The minimum atomic E-state index is -3.57. The van der Waals surface area contributed by atoms with Crippen molar-refractivity contribution in [3.8, 4) is 11.7 Å². The molecule has 0 saturated heterocycles. The van der Waals surface area contributed by atoms with Gasteiger partial charge < -0.3 is 0 Å². The summed E-state index contributed by atoms with van der Waals surface area (Å²) >= 11 is 0. The van der Waals surface area contributed by atoms with Crippen molar-refractivity contribution in [3.05, 3.63) is 98.7 Å². The summed E-state index contributed by atoms with van der Waals surface area (Å²) in [6.07, 6.45) is 8.70. The van der Waals surface area contributed by atoms with Gasteiger partial charge in [-0.3, -0.25) is 9.13 Å². The van der Waals surface area contributed by atoms with E-state index in [-0.39, 0.29) is 15.5 Å². The van der Waals surface area contributed by atoms with E-state index in [9.17, 15) is 26.4 Å². The zero-order chi connectivity index (χ0) is 28.5. The van der Waals surface area contributed by atoms with E-state index in [1.165, 1.54) is 53.1 Å². The Morgan fingerprint density at radius 2 is 1.37 bits per heavy atom. The molecule has 4 rings (SSSR count). The van der Waals surface area contributed by atoms with Crippen LogP contribution < -0.4 is 11.4 Å². The molecule has 4 aromatic rings. The van der Waals surface area contributed by atoms with Crippen LogP contribution in [0.2, 0.25) is 0 Å². The van der Waals surface area contributed by atoms with Crippen LogP contribution in [0.4, 0.5) is 0 Å². The summed E-state index contributed by atoms with van der Waals surface area (Å²) in [7, 11) is -3.89. The number of nitrogens with zero attached hydrogens (tertiary/aromatic N) is 5. The maximum Gasteiger partial charge on any atom is 0.349 e. The largest absolute Gasteiger partial charge is 0.349 e. The summed E-state index contributed by atoms with van der Waals surface area (Å²) in [5, 5.41) is 12.1. The molecule has 2 aromatic heterocycles. The molecule has 2 aromatic carbocycles. The van der Waals surface area contributed by atoms with Crippen LogP contribution in [-0.2, 0) is 33.8 Å². The lowest BCUT2D eigenvalue weighted by molar-refractivity contribution is 0.603. The average molecular weight is 559 g/mol. The molecule has 0 atom stereocenters. The lowest BCUT2D eigenvalue weighted by Gasteiger charge is -1.99. The van der Waals surface area contributed by atoms with E-state index in [0.29, 0.717) is 0 Å². The van der Waals surface area contributed by atoms with Gasteiger partial charge in [0.25, 0.3) is 0 Å². The molecule has 0 unspecified atom stereocenters. The summed E-state index contributed by atoms with van der Waals surface area (Å²) in [4.78, 5) is 22.1. The molecule has 0 fully saturated rings. The van der Waals surface area contributed by atoms with Gasteiger partial charge >= 0.3 is 11.4 Å². The van der Waals surface area contributed by atoms with Crippen LogP contribution in [0, 0.1) is 25.5 Å². The SMILES string of the molecule is C#CS(=O)(=O)c1ccc(C)cc1.Cc1ccc(S(=O)(=O)/C=C/n2ncn(C)c2=O)cc1.Cn1cn[nH]c1=O. The monoisotopic (exact) mass is 558 g/mol. The van der Waals surface area contributed by atoms with E-state index >= 15 is 0 Å². The molecule has 1 N–H and O–H groups in total. The van der Waals surface area contributed by atoms with Crippen molar-refractivity contribution in [3.63, 3.8) is 0 Å². The Hall–Kier alpha value is -4.48. The van der Waals surface area contributed by atoms with Crippen LogP contribution in [0.1, 0.15) is 11.1 Å². The number of aromatic amines is 1. The molecule has 0 amide bonds. The van der Waals surface area contributed by atoms with Crippen LogP contribution in [-0.4, -0.2) is 45.9 Å². The van der Waals surface area contributed by atoms with Crippen LogP contribution in [0.15, 0.2) is 86.0 Å². The minimum Gasteiger partial charge on any atom is -0.285 e. The number of nitrogens with one attached hydrogen (secondary N) is 1. The van der Waals surface area contributed by atoms with E-state index in [2.05, 4.69) is 15.3 Å². The van der Waals surface area contributed by atoms with E-state index in [1.54, 1.807) is 36.6 Å². The fourth-order valence-corrected chi connectivity index (χ4v) is 4.11.